The molecule has 0 aliphatic heterocycles. The van der Waals surface area contributed by atoms with E-state index < -0.39 is 12.4 Å². The number of hydrogen-bond donors (Lipinski definition) is 2. The molecule has 0 saturated carbocycles. The van der Waals surface area contributed by atoms with Crippen molar-refractivity contribution in [2.24, 2.45) is 0 Å². The van der Waals surface area contributed by atoms with Crippen molar-refractivity contribution in [1.82, 2.24) is 0 Å². The van der Waals surface area contributed by atoms with Gasteiger partial charge in [-0.2, -0.15) is 0 Å². The quantitative estimate of drug-likeness (QED) is 0.530. The number of methoxy groups -OCH3 is 1. The summed E-state index contributed by atoms with van der Waals surface area (Å²) in [7, 11) is 1.25. The molecule has 0 aromatic heterocycles. The Balaban J connectivity index is 3.40. The zero-order valence-electron chi connectivity index (χ0n) is 5.78. The molecule has 0 amide bonds. The van der Waals surface area contributed by atoms with Crippen LogP contribution in [0.4, 0.5) is 0 Å². The molecular weight excluding hydrogens is 136 g/mol. The topological polar surface area (TPSA) is 66.8 Å². The van der Waals surface area contributed by atoms with Crippen molar-refractivity contribution < 1.29 is 19.7 Å². The lowest BCUT2D eigenvalue weighted by Gasteiger charge is -2.11. The Morgan fingerprint density at radius 1 is 1.80 bits per heavy atom. The molecule has 59 valence electrons. The number of carbonyl (C=O) groups is 1. The molecule has 0 saturated heterocycles. The maximum absolute atomic E-state index is 9.78. The predicted molar refractivity (Wildman–Crippen MR) is 33.5 cm³/mol. The summed E-state index contributed by atoms with van der Waals surface area (Å²) in [4.78, 5) is 9.78. The summed E-state index contributed by atoms with van der Waals surface area (Å²) in [5, 5.41) is 17.6. The van der Waals surface area contributed by atoms with Crippen molar-refractivity contribution in [2.75, 3.05) is 7.11 Å². The van der Waals surface area contributed by atoms with Crippen LogP contribution in [-0.4, -0.2) is 29.7 Å². The van der Waals surface area contributed by atoms with Crippen LogP contribution in [0.5, 0.6) is 0 Å². The Morgan fingerprint density at radius 3 is 2.80 bits per heavy atom. The summed E-state index contributed by atoms with van der Waals surface area (Å²) in [5.74, 6) is 0. The number of ether oxygens (including phenoxy) is 1. The fourth-order valence-corrected chi connectivity index (χ4v) is 0.485. The van der Waals surface area contributed by atoms with Crippen LogP contribution in [0.3, 0.4) is 0 Å². The second-order valence-corrected chi connectivity index (χ2v) is 1.80. The fourth-order valence-electron chi connectivity index (χ4n) is 0.485. The lowest BCUT2D eigenvalue weighted by atomic mass is 10.2. The van der Waals surface area contributed by atoms with E-state index in [9.17, 15) is 4.79 Å². The molecule has 1 unspecified atom stereocenters. The van der Waals surface area contributed by atoms with E-state index in [4.69, 9.17) is 10.2 Å². The summed E-state index contributed by atoms with van der Waals surface area (Å²) in [6.45, 7) is 0. The average Bonchev–Trinajstić information content (AvgIpc) is 1.98. The number of carbonyl (C=O) groups excluding carboxylic acids is 1. The zero-order valence-corrected chi connectivity index (χ0v) is 5.78. The molecule has 0 aromatic rings. The smallest absolute Gasteiger partial charge is 0.250 e. The molecule has 4 nitrogen and oxygen atoms in total. The zero-order chi connectivity index (χ0) is 7.98. The molecule has 1 radical (unpaired) electrons. The molecule has 0 aliphatic rings. The molecule has 2 N–H and O–H groups in total. The van der Waals surface area contributed by atoms with E-state index in [1.807, 2.05) is 0 Å². The van der Waals surface area contributed by atoms with Gasteiger partial charge in [-0.05, 0) is 6.42 Å². The van der Waals surface area contributed by atoms with Crippen molar-refractivity contribution in [3.05, 3.63) is 6.29 Å². The maximum Gasteiger partial charge on any atom is 0.250 e. The lowest BCUT2D eigenvalue weighted by Crippen LogP contribution is -2.19. The highest BCUT2D eigenvalue weighted by Crippen LogP contribution is 2.07. The molecule has 0 heterocycles. The Morgan fingerprint density at radius 2 is 2.40 bits per heavy atom. The van der Waals surface area contributed by atoms with Crippen molar-refractivity contribution in [3.8, 4) is 0 Å². The van der Waals surface area contributed by atoms with Gasteiger partial charge < -0.3 is 19.7 Å². The van der Waals surface area contributed by atoms with E-state index >= 15 is 0 Å². The molecular formula is C6H11O4. The highest BCUT2D eigenvalue weighted by Gasteiger charge is 2.15. The molecule has 4 heteroatoms. The molecule has 1 atom stereocenters. The van der Waals surface area contributed by atoms with Crippen molar-refractivity contribution in [2.45, 2.75) is 18.9 Å². The summed E-state index contributed by atoms with van der Waals surface area (Å²) < 4.78 is 4.32. The van der Waals surface area contributed by atoms with E-state index in [-0.39, 0.29) is 12.8 Å². The first-order valence-electron chi connectivity index (χ1n) is 2.94. The average molecular weight is 147 g/mol. The maximum atomic E-state index is 9.78. The van der Waals surface area contributed by atoms with Crippen LogP contribution in [-0.2, 0) is 9.53 Å². The highest BCUT2D eigenvalue weighted by atomic mass is 16.6. The summed E-state index contributed by atoms with van der Waals surface area (Å²) in [6, 6.07) is 0. The summed E-state index contributed by atoms with van der Waals surface area (Å²) >= 11 is 0. The largest absolute Gasteiger partial charge is 0.387 e. The number of aliphatic hydroxyl groups excluding tert-OH is 2. The Hall–Kier alpha value is -0.450. The number of rotatable bonds is 5. The molecule has 10 heavy (non-hydrogen) atoms. The van der Waals surface area contributed by atoms with Gasteiger partial charge in [-0.15, -0.1) is 0 Å². The molecule has 0 aliphatic carbocycles. The minimum absolute atomic E-state index is 0.198. The van der Waals surface area contributed by atoms with Crippen molar-refractivity contribution in [3.63, 3.8) is 0 Å². The minimum atomic E-state index is -1.05. The van der Waals surface area contributed by atoms with E-state index in [1.54, 1.807) is 0 Å². The van der Waals surface area contributed by atoms with Crippen molar-refractivity contribution in [1.29, 1.82) is 0 Å². The highest BCUT2D eigenvalue weighted by molar-refractivity contribution is 5.49. The Bertz CT molecular complexity index is 93.7. The van der Waals surface area contributed by atoms with Crippen LogP contribution >= 0.6 is 0 Å². The SMILES string of the molecule is CO[C](O)C(O)CCC=O. The molecule has 0 spiro atoms. The van der Waals surface area contributed by atoms with Gasteiger partial charge in [0, 0.05) is 13.5 Å². The van der Waals surface area contributed by atoms with Crippen LogP contribution in [0.15, 0.2) is 0 Å². The van der Waals surface area contributed by atoms with Crippen LogP contribution in [0.25, 0.3) is 0 Å². The Kier molecular flexibility index (Phi) is 5.10. The van der Waals surface area contributed by atoms with E-state index in [1.165, 1.54) is 7.11 Å². The second-order valence-electron chi connectivity index (χ2n) is 1.80. The van der Waals surface area contributed by atoms with Gasteiger partial charge in [-0.1, -0.05) is 0 Å². The monoisotopic (exact) mass is 147 g/mol. The summed E-state index contributed by atoms with van der Waals surface area (Å²) in [6.07, 6.45) is -0.402. The van der Waals surface area contributed by atoms with Gasteiger partial charge in [0.15, 0.2) is 0 Å². The fraction of sp³-hybridized carbons (Fsp3) is 0.667. The van der Waals surface area contributed by atoms with Gasteiger partial charge in [0.05, 0.1) is 0 Å². The third kappa shape index (κ3) is 3.55. The summed E-state index contributed by atoms with van der Waals surface area (Å²) in [5.41, 5.74) is 0. The number of aldehydes is 1. The lowest BCUT2D eigenvalue weighted by molar-refractivity contribution is -0.109. The third-order valence-electron chi connectivity index (χ3n) is 1.05. The number of hydrogen-bond acceptors (Lipinski definition) is 4. The first kappa shape index (κ1) is 9.55. The first-order valence-corrected chi connectivity index (χ1v) is 2.94. The molecule has 0 rings (SSSR count). The van der Waals surface area contributed by atoms with Crippen molar-refractivity contribution >= 4 is 6.29 Å². The van der Waals surface area contributed by atoms with E-state index in [2.05, 4.69) is 4.74 Å². The van der Waals surface area contributed by atoms with Crippen LogP contribution in [0.1, 0.15) is 12.8 Å². The Labute approximate surface area is 59.4 Å². The first-order chi connectivity index (χ1) is 4.72. The standard InChI is InChI=1S/C6H11O4/c1-10-6(9)5(8)3-2-4-7/h4-5,8-9H,2-3H2,1H3. The predicted octanol–water partition coefficient (Wildman–Crippen LogP) is -0.165. The second kappa shape index (κ2) is 5.34. The van der Waals surface area contributed by atoms with Gasteiger partial charge in [0.2, 0.25) is 0 Å². The van der Waals surface area contributed by atoms with Gasteiger partial charge in [0.1, 0.15) is 12.4 Å². The van der Waals surface area contributed by atoms with Gasteiger partial charge in [-0.25, -0.2) is 0 Å². The van der Waals surface area contributed by atoms with E-state index in [0.717, 1.165) is 0 Å². The molecule has 0 aromatic carbocycles. The third-order valence-corrected chi connectivity index (χ3v) is 1.05. The van der Waals surface area contributed by atoms with Gasteiger partial charge in [-0.3, -0.25) is 0 Å². The van der Waals surface area contributed by atoms with Crippen LogP contribution in [0, 0.1) is 6.29 Å². The van der Waals surface area contributed by atoms with E-state index in [0.29, 0.717) is 6.29 Å². The number of aliphatic hydroxyl groups is 2. The normalized spacial score (nSPS) is 13.6. The molecule has 0 bridgehead atoms. The molecule has 0 fully saturated rings. The van der Waals surface area contributed by atoms with Gasteiger partial charge >= 0.3 is 0 Å². The van der Waals surface area contributed by atoms with Crippen LogP contribution < -0.4 is 0 Å². The van der Waals surface area contributed by atoms with Crippen LogP contribution in [0.2, 0.25) is 0 Å². The minimum Gasteiger partial charge on any atom is -0.387 e. The van der Waals surface area contributed by atoms with Gasteiger partial charge in [0.25, 0.3) is 6.29 Å².